The van der Waals surface area contributed by atoms with Crippen LogP contribution in [0.3, 0.4) is 0 Å². The van der Waals surface area contributed by atoms with E-state index in [0.29, 0.717) is 6.04 Å². The van der Waals surface area contributed by atoms with Gasteiger partial charge in [-0.3, -0.25) is 0 Å². The highest BCUT2D eigenvalue weighted by atomic mass is 16.5. The molecular formula is C19H33NO. The summed E-state index contributed by atoms with van der Waals surface area (Å²) in [5.74, 6) is 0.992. The molecule has 1 N–H and O–H groups in total. The lowest BCUT2D eigenvalue weighted by Crippen LogP contribution is -2.28. The highest BCUT2D eigenvalue weighted by Gasteiger charge is 2.09. The Labute approximate surface area is 131 Å². The number of benzene rings is 1. The maximum Gasteiger partial charge on any atom is 0.123 e. The maximum atomic E-state index is 5.43. The first-order chi connectivity index (χ1) is 10.3. The van der Waals surface area contributed by atoms with Gasteiger partial charge < -0.3 is 10.1 Å². The lowest BCUT2D eigenvalue weighted by Gasteiger charge is -2.19. The number of para-hydroxylation sites is 1. The number of methoxy groups -OCH3 is 1. The van der Waals surface area contributed by atoms with E-state index >= 15 is 0 Å². The van der Waals surface area contributed by atoms with Crippen molar-refractivity contribution in [1.29, 1.82) is 0 Å². The monoisotopic (exact) mass is 291 g/mol. The number of hydrogen-bond acceptors (Lipinski definition) is 2. The Morgan fingerprint density at radius 3 is 2.14 bits per heavy atom. The van der Waals surface area contributed by atoms with E-state index in [2.05, 4.69) is 31.3 Å². The van der Waals surface area contributed by atoms with Gasteiger partial charge in [0.2, 0.25) is 0 Å². The van der Waals surface area contributed by atoms with Crippen LogP contribution in [-0.4, -0.2) is 13.2 Å². The summed E-state index contributed by atoms with van der Waals surface area (Å²) in [5.41, 5.74) is 1.26. The number of rotatable bonds is 12. The first-order valence-electron chi connectivity index (χ1n) is 8.67. The fourth-order valence-electron chi connectivity index (χ4n) is 2.73. The Hall–Kier alpha value is -1.02. The van der Waals surface area contributed by atoms with Crippen molar-refractivity contribution in [2.75, 3.05) is 7.11 Å². The molecule has 1 aromatic carbocycles. The molecule has 0 saturated carbocycles. The van der Waals surface area contributed by atoms with Gasteiger partial charge in [0.05, 0.1) is 7.11 Å². The molecule has 0 aliphatic rings. The van der Waals surface area contributed by atoms with E-state index in [4.69, 9.17) is 4.74 Å². The molecule has 1 aromatic rings. The van der Waals surface area contributed by atoms with E-state index < -0.39 is 0 Å². The molecule has 2 nitrogen and oxygen atoms in total. The van der Waals surface area contributed by atoms with Crippen LogP contribution in [0.25, 0.3) is 0 Å². The van der Waals surface area contributed by atoms with Crippen LogP contribution in [-0.2, 0) is 6.54 Å². The Morgan fingerprint density at radius 1 is 0.952 bits per heavy atom. The van der Waals surface area contributed by atoms with Crippen molar-refractivity contribution in [2.24, 2.45) is 0 Å². The van der Waals surface area contributed by atoms with Crippen LogP contribution in [0.1, 0.15) is 70.8 Å². The quantitative estimate of drug-likeness (QED) is 0.527. The summed E-state index contributed by atoms with van der Waals surface area (Å²) in [7, 11) is 1.75. The summed E-state index contributed by atoms with van der Waals surface area (Å²) in [4.78, 5) is 0. The molecule has 0 aliphatic carbocycles. The van der Waals surface area contributed by atoms with Gasteiger partial charge in [-0.1, -0.05) is 70.6 Å². The van der Waals surface area contributed by atoms with Gasteiger partial charge >= 0.3 is 0 Å². The number of ether oxygens (including phenoxy) is 1. The Bertz CT molecular complexity index is 354. The molecule has 0 unspecified atom stereocenters. The van der Waals surface area contributed by atoms with Crippen LogP contribution in [0.5, 0.6) is 5.75 Å². The predicted octanol–water partition coefficient (Wildman–Crippen LogP) is 5.31. The maximum absolute atomic E-state index is 5.43. The van der Waals surface area contributed by atoms with Crippen molar-refractivity contribution in [2.45, 2.75) is 77.8 Å². The number of nitrogens with one attached hydrogen (secondary N) is 1. The minimum atomic E-state index is 0.646. The van der Waals surface area contributed by atoms with Gasteiger partial charge in [-0.25, -0.2) is 0 Å². The molecule has 21 heavy (non-hydrogen) atoms. The molecule has 0 aromatic heterocycles. The van der Waals surface area contributed by atoms with Crippen molar-refractivity contribution in [1.82, 2.24) is 5.32 Å². The summed E-state index contributed by atoms with van der Waals surface area (Å²) in [5, 5.41) is 3.75. The van der Waals surface area contributed by atoms with E-state index in [1.54, 1.807) is 7.11 Å². The normalized spacial score (nSPS) is 11.0. The molecule has 2 heteroatoms. The van der Waals surface area contributed by atoms with Gasteiger partial charge in [0.15, 0.2) is 0 Å². The van der Waals surface area contributed by atoms with Crippen LogP contribution in [0.15, 0.2) is 24.3 Å². The molecule has 0 aliphatic heterocycles. The van der Waals surface area contributed by atoms with Crippen LogP contribution in [0.4, 0.5) is 0 Å². The first kappa shape index (κ1) is 18.0. The van der Waals surface area contributed by atoms with Gasteiger partial charge in [0.1, 0.15) is 5.75 Å². The largest absolute Gasteiger partial charge is 0.496 e. The van der Waals surface area contributed by atoms with Crippen molar-refractivity contribution < 1.29 is 4.74 Å². The average molecular weight is 291 g/mol. The lowest BCUT2D eigenvalue weighted by molar-refractivity contribution is 0.393. The van der Waals surface area contributed by atoms with Crippen LogP contribution in [0.2, 0.25) is 0 Å². The van der Waals surface area contributed by atoms with E-state index in [1.807, 2.05) is 12.1 Å². The van der Waals surface area contributed by atoms with Crippen LogP contribution >= 0.6 is 0 Å². The van der Waals surface area contributed by atoms with E-state index in [0.717, 1.165) is 12.3 Å². The number of unbranched alkanes of at least 4 members (excludes halogenated alkanes) is 4. The zero-order valence-electron chi connectivity index (χ0n) is 14.2. The minimum absolute atomic E-state index is 0.646. The molecule has 0 radical (unpaired) electrons. The number of hydrogen-bond donors (Lipinski definition) is 1. The van der Waals surface area contributed by atoms with Crippen molar-refractivity contribution in [3.8, 4) is 5.75 Å². The molecule has 1 rings (SSSR count). The smallest absolute Gasteiger partial charge is 0.123 e. The summed E-state index contributed by atoms with van der Waals surface area (Å²) in [6.45, 7) is 5.45. The molecule has 0 heterocycles. The van der Waals surface area contributed by atoms with E-state index in [1.165, 1.54) is 56.9 Å². The Kier molecular flexibility index (Phi) is 9.98. The minimum Gasteiger partial charge on any atom is -0.496 e. The highest BCUT2D eigenvalue weighted by molar-refractivity contribution is 5.33. The summed E-state index contributed by atoms with van der Waals surface area (Å²) < 4.78 is 5.43. The zero-order chi connectivity index (χ0) is 15.3. The third-order valence-electron chi connectivity index (χ3n) is 4.09. The lowest BCUT2D eigenvalue weighted by atomic mass is 10.0. The predicted molar refractivity (Wildman–Crippen MR) is 91.9 cm³/mol. The topological polar surface area (TPSA) is 21.3 Å². The molecular weight excluding hydrogens is 258 g/mol. The fraction of sp³-hybridized carbons (Fsp3) is 0.684. The second-order valence-electron chi connectivity index (χ2n) is 5.88. The molecule has 0 bridgehead atoms. The van der Waals surface area contributed by atoms with Crippen molar-refractivity contribution >= 4 is 0 Å². The van der Waals surface area contributed by atoms with Gasteiger partial charge in [0.25, 0.3) is 0 Å². The molecule has 120 valence electrons. The fourth-order valence-corrected chi connectivity index (χ4v) is 2.73. The highest BCUT2D eigenvalue weighted by Crippen LogP contribution is 2.18. The molecule has 0 atom stereocenters. The Balaban J connectivity index is 2.46. The summed E-state index contributed by atoms with van der Waals surface area (Å²) >= 11 is 0. The second kappa shape index (κ2) is 11.6. The SMILES string of the molecule is CCCCCC(CCCCC)NCc1ccccc1OC. The Morgan fingerprint density at radius 2 is 1.57 bits per heavy atom. The van der Waals surface area contributed by atoms with Crippen LogP contribution in [0, 0.1) is 0 Å². The van der Waals surface area contributed by atoms with E-state index in [-0.39, 0.29) is 0 Å². The molecule has 0 amide bonds. The van der Waals surface area contributed by atoms with Gasteiger partial charge in [-0.05, 0) is 18.9 Å². The van der Waals surface area contributed by atoms with Crippen molar-refractivity contribution in [3.63, 3.8) is 0 Å². The van der Waals surface area contributed by atoms with Gasteiger partial charge in [-0.2, -0.15) is 0 Å². The molecule has 0 fully saturated rings. The first-order valence-corrected chi connectivity index (χ1v) is 8.67. The third kappa shape index (κ3) is 7.52. The summed E-state index contributed by atoms with van der Waals surface area (Å²) in [6, 6.07) is 8.96. The van der Waals surface area contributed by atoms with Gasteiger partial charge in [0, 0.05) is 18.2 Å². The average Bonchev–Trinajstić information content (AvgIpc) is 2.52. The standard InChI is InChI=1S/C19H33NO/c1-4-6-8-13-18(14-9-7-5-2)20-16-17-12-10-11-15-19(17)21-3/h10-12,15,18,20H,4-9,13-14,16H2,1-3H3. The van der Waals surface area contributed by atoms with E-state index in [9.17, 15) is 0 Å². The molecule has 0 saturated heterocycles. The summed E-state index contributed by atoms with van der Waals surface area (Å²) in [6.07, 6.45) is 10.6. The third-order valence-corrected chi connectivity index (χ3v) is 4.09. The molecule has 0 spiro atoms. The van der Waals surface area contributed by atoms with Gasteiger partial charge in [-0.15, -0.1) is 0 Å². The second-order valence-corrected chi connectivity index (χ2v) is 5.88. The van der Waals surface area contributed by atoms with Crippen molar-refractivity contribution in [3.05, 3.63) is 29.8 Å². The van der Waals surface area contributed by atoms with Crippen LogP contribution < -0.4 is 10.1 Å². The zero-order valence-corrected chi connectivity index (χ0v) is 14.2.